The molecular weight excluding hydrogens is 330 g/mol. The van der Waals surface area contributed by atoms with Gasteiger partial charge >= 0.3 is 0 Å². The van der Waals surface area contributed by atoms with Crippen LogP contribution in [0.1, 0.15) is 39.1 Å². The Kier molecular flexibility index (Phi) is 5.22. The molecule has 8 nitrogen and oxygen atoms in total. The maximum Gasteiger partial charge on any atom is 0.183 e. The van der Waals surface area contributed by atoms with Gasteiger partial charge in [-0.05, 0) is 41.5 Å². The van der Waals surface area contributed by atoms with E-state index in [2.05, 4.69) is 58.0 Å². The highest BCUT2D eigenvalue weighted by Gasteiger charge is 2.18. The summed E-state index contributed by atoms with van der Waals surface area (Å²) < 4.78 is 5.26. The molecule has 26 heavy (non-hydrogen) atoms. The standard InChI is InChI=1S/C18H27N7O/c1-10(2)25(11(3)4)8-7-19-17-15-18(21-9-20-15)23-16(22-17)14-12(5)24-26-13(14)6/h9-11H,7-8H2,1-6H3,(H2,19,20,21,22,23). The molecule has 3 rings (SSSR count). The van der Waals surface area contributed by atoms with Gasteiger partial charge in [0.15, 0.2) is 17.3 Å². The molecule has 0 radical (unpaired) electrons. The number of imidazole rings is 1. The molecule has 3 heterocycles. The van der Waals surface area contributed by atoms with Crippen molar-refractivity contribution in [2.75, 3.05) is 18.4 Å². The molecular formula is C18H27N7O. The Morgan fingerprint density at radius 3 is 2.50 bits per heavy atom. The van der Waals surface area contributed by atoms with Crippen molar-refractivity contribution in [3.63, 3.8) is 0 Å². The van der Waals surface area contributed by atoms with Crippen LogP contribution in [0, 0.1) is 13.8 Å². The van der Waals surface area contributed by atoms with Gasteiger partial charge in [-0.15, -0.1) is 0 Å². The van der Waals surface area contributed by atoms with Gasteiger partial charge in [-0.1, -0.05) is 5.16 Å². The first-order valence-electron chi connectivity index (χ1n) is 9.02. The largest absolute Gasteiger partial charge is 0.367 e. The van der Waals surface area contributed by atoms with Gasteiger partial charge < -0.3 is 14.8 Å². The van der Waals surface area contributed by atoms with Crippen molar-refractivity contribution in [2.24, 2.45) is 0 Å². The van der Waals surface area contributed by atoms with E-state index in [9.17, 15) is 0 Å². The molecule has 0 saturated heterocycles. The molecule has 3 aromatic rings. The number of rotatable bonds is 7. The van der Waals surface area contributed by atoms with E-state index in [4.69, 9.17) is 9.51 Å². The highest BCUT2D eigenvalue weighted by Crippen LogP contribution is 2.27. The van der Waals surface area contributed by atoms with Crippen molar-refractivity contribution >= 4 is 17.0 Å². The van der Waals surface area contributed by atoms with Crippen molar-refractivity contribution in [3.05, 3.63) is 17.8 Å². The maximum atomic E-state index is 5.26. The first-order valence-corrected chi connectivity index (χ1v) is 9.02. The first kappa shape index (κ1) is 18.3. The summed E-state index contributed by atoms with van der Waals surface area (Å²) in [6.45, 7) is 14.3. The minimum absolute atomic E-state index is 0.493. The van der Waals surface area contributed by atoms with Crippen molar-refractivity contribution < 1.29 is 4.52 Å². The van der Waals surface area contributed by atoms with Gasteiger partial charge in [0.2, 0.25) is 0 Å². The Hall–Kier alpha value is -2.48. The molecule has 0 unspecified atom stereocenters. The zero-order valence-corrected chi connectivity index (χ0v) is 16.3. The molecule has 0 atom stereocenters. The molecule has 8 heteroatoms. The number of hydrogen-bond donors (Lipinski definition) is 2. The average Bonchev–Trinajstić information content (AvgIpc) is 3.17. The van der Waals surface area contributed by atoms with Crippen LogP contribution in [0.25, 0.3) is 22.6 Å². The molecule has 0 fully saturated rings. The molecule has 0 amide bonds. The number of aromatic nitrogens is 5. The van der Waals surface area contributed by atoms with Crippen LogP contribution in [0.4, 0.5) is 5.82 Å². The van der Waals surface area contributed by atoms with Crippen LogP contribution >= 0.6 is 0 Å². The maximum absolute atomic E-state index is 5.26. The number of H-pyrrole nitrogens is 1. The van der Waals surface area contributed by atoms with E-state index in [0.717, 1.165) is 35.7 Å². The quantitative estimate of drug-likeness (QED) is 0.670. The second kappa shape index (κ2) is 7.41. The fourth-order valence-electron chi connectivity index (χ4n) is 3.29. The smallest absolute Gasteiger partial charge is 0.183 e. The van der Waals surface area contributed by atoms with Gasteiger partial charge in [0.25, 0.3) is 0 Å². The summed E-state index contributed by atoms with van der Waals surface area (Å²) in [6, 6.07) is 0.986. The fraction of sp³-hybridized carbons (Fsp3) is 0.556. The Labute approximate surface area is 153 Å². The third-order valence-corrected chi connectivity index (χ3v) is 4.53. The summed E-state index contributed by atoms with van der Waals surface area (Å²) in [6.07, 6.45) is 1.64. The number of aromatic amines is 1. The van der Waals surface area contributed by atoms with Gasteiger partial charge in [-0.25, -0.2) is 15.0 Å². The molecule has 0 saturated carbocycles. The predicted molar refractivity (Wildman–Crippen MR) is 102 cm³/mol. The number of anilines is 1. The molecule has 0 bridgehead atoms. The third kappa shape index (κ3) is 3.55. The van der Waals surface area contributed by atoms with E-state index >= 15 is 0 Å². The minimum atomic E-state index is 0.493. The first-order chi connectivity index (χ1) is 12.4. The van der Waals surface area contributed by atoms with Crippen LogP contribution in [0.2, 0.25) is 0 Å². The van der Waals surface area contributed by atoms with E-state index in [1.807, 2.05) is 13.8 Å². The minimum Gasteiger partial charge on any atom is -0.367 e. The van der Waals surface area contributed by atoms with Crippen molar-refractivity contribution in [3.8, 4) is 11.4 Å². The van der Waals surface area contributed by atoms with Crippen molar-refractivity contribution in [1.82, 2.24) is 30.0 Å². The summed E-state index contributed by atoms with van der Waals surface area (Å²) in [5, 5.41) is 7.44. The van der Waals surface area contributed by atoms with Crippen molar-refractivity contribution in [2.45, 2.75) is 53.6 Å². The van der Waals surface area contributed by atoms with E-state index in [0.29, 0.717) is 29.3 Å². The number of nitrogens with zero attached hydrogens (tertiary/aromatic N) is 5. The molecule has 140 valence electrons. The molecule has 0 aromatic carbocycles. The number of hydrogen-bond acceptors (Lipinski definition) is 7. The summed E-state index contributed by atoms with van der Waals surface area (Å²) in [4.78, 5) is 19.1. The molecule has 0 aliphatic rings. The second-order valence-electron chi connectivity index (χ2n) is 7.05. The van der Waals surface area contributed by atoms with Gasteiger partial charge in [0.1, 0.15) is 11.3 Å². The van der Waals surface area contributed by atoms with Gasteiger partial charge in [-0.3, -0.25) is 4.90 Å². The molecule has 0 aliphatic carbocycles. The predicted octanol–water partition coefficient (Wildman–Crippen LogP) is 3.16. The molecule has 3 aromatic heterocycles. The summed E-state index contributed by atoms with van der Waals surface area (Å²) in [7, 11) is 0. The summed E-state index contributed by atoms with van der Waals surface area (Å²) in [5.41, 5.74) is 3.03. The SMILES string of the molecule is Cc1noc(C)c1-c1nc(NCCN(C(C)C)C(C)C)c2[nH]cnc2n1. The molecule has 2 N–H and O–H groups in total. The van der Waals surface area contributed by atoms with Crippen LogP contribution < -0.4 is 5.32 Å². The molecule has 0 aliphatic heterocycles. The Morgan fingerprint density at radius 2 is 1.88 bits per heavy atom. The number of fused-ring (bicyclic) bond motifs is 1. The molecule has 0 spiro atoms. The monoisotopic (exact) mass is 357 g/mol. The lowest BCUT2D eigenvalue weighted by atomic mass is 10.2. The lowest BCUT2D eigenvalue weighted by Gasteiger charge is -2.30. The lowest BCUT2D eigenvalue weighted by Crippen LogP contribution is -2.40. The second-order valence-corrected chi connectivity index (χ2v) is 7.05. The Bertz CT molecular complexity index is 853. The van der Waals surface area contributed by atoms with Crippen LogP contribution in [-0.2, 0) is 0 Å². The van der Waals surface area contributed by atoms with E-state index < -0.39 is 0 Å². The van der Waals surface area contributed by atoms with E-state index in [1.54, 1.807) is 6.33 Å². The topological polar surface area (TPSA) is 95.8 Å². The number of nitrogens with one attached hydrogen (secondary N) is 2. The van der Waals surface area contributed by atoms with Crippen LogP contribution in [0.5, 0.6) is 0 Å². The summed E-state index contributed by atoms with van der Waals surface area (Å²) in [5.74, 6) is 2.03. The Balaban J connectivity index is 1.87. The highest BCUT2D eigenvalue weighted by atomic mass is 16.5. The lowest BCUT2D eigenvalue weighted by molar-refractivity contribution is 0.182. The van der Waals surface area contributed by atoms with Crippen molar-refractivity contribution in [1.29, 1.82) is 0 Å². The average molecular weight is 357 g/mol. The Morgan fingerprint density at radius 1 is 1.15 bits per heavy atom. The zero-order chi connectivity index (χ0) is 18.8. The highest BCUT2D eigenvalue weighted by molar-refractivity contribution is 5.84. The zero-order valence-electron chi connectivity index (χ0n) is 16.3. The van der Waals surface area contributed by atoms with Crippen LogP contribution in [0.15, 0.2) is 10.9 Å². The van der Waals surface area contributed by atoms with Gasteiger partial charge in [-0.2, -0.15) is 0 Å². The third-order valence-electron chi connectivity index (χ3n) is 4.53. The van der Waals surface area contributed by atoms with E-state index in [-0.39, 0.29) is 0 Å². The van der Waals surface area contributed by atoms with E-state index in [1.165, 1.54) is 0 Å². The van der Waals surface area contributed by atoms with Crippen LogP contribution in [0.3, 0.4) is 0 Å². The normalized spacial score (nSPS) is 12.0. The van der Waals surface area contributed by atoms with Crippen LogP contribution in [-0.4, -0.2) is 55.2 Å². The fourth-order valence-corrected chi connectivity index (χ4v) is 3.29. The number of aryl methyl sites for hydroxylation is 2. The summed E-state index contributed by atoms with van der Waals surface area (Å²) >= 11 is 0. The van der Waals surface area contributed by atoms with Gasteiger partial charge in [0, 0.05) is 25.2 Å². The van der Waals surface area contributed by atoms with Gasteiger partial charge in [0.05, 0.1) is 17.6 Å².